The van der Waals surface area contributed by atoms with Gasteiger partial charge in [0.2, 0.25) is 0 Å². The monoisotopic (exact) mass is 324 g/mol. The number of hydrogen-bond acceptors (Lipinski definition) is 6. The molecule has 1 aliphatic carbocycles. The molecule has 1 aliphatic rings. The van der Waals surface area contributed by atoms with Crippen LogP contribution >= 0.6 is 0 Å². The van der Waals surface area contributed by atoms with Gasteiger partial charge in [-0.25, -0.2) is 4.79 Å². The van der Waals surface area contributed by atoms with Crippen LogP contribution in [-0.4, -0.2) is 44.6 Å². The van der Waals surface area contributed by atoms with Crippen LogP contribution in [0.3, 0.4) is 0 Å². The molecule has 6 heteroatoms. The molecule has 0 aromatic heterocycles. The highest BCUT2D eigenvalue weighted by molar-refractivity contribution is 5.94. The van der Waals surface area contributed by atoms with Crippen molar-refractivity contribution in [3.8, 4) is 5.75 Å². The first kappa shape index (κ1) is 17.7. The van der Waals surface area contributed by atoms with E-state index in [1.54, 1.807) is 18.2 Å². The van der Waals surface area contributed by atoms with Crippen LogP contribution in [0.25, 0.3) is 0 Å². The van der Waals surface area contributed by atoms with Gasteiger partial charge in [0.1, 0.15) is 17.4 Å². The molecule has 1 aromatic rings. The molecule has 128 valence electrons. The van der Waals surface area contributed by atoms with E-state index in [0.29, 0.717) is 17.7 Å². The van der Waals surface area contributed by atoms with Crippen molar-refractivity contribution in [1.29, 1.82) is 0 Å². The molecule has 1 N–H and O–H groups in total. The minimum absolute atomic E-state index is 0.265. The molecule has 1 fully saturated rings. The number of hydrogen-bond donors (Lipinski definition) is 1. The third-order valence-electron chi connectivity index (χ3n) is 4.08. The van der Waals surface area contributed by atoms with Gasteiger partial charge < -0.3 is 24.1 Å². The van der Waals surface area contributed by atoms with Crippen molar-refractivity contribution >= 4 is 5.97 Å². The molecule has 2 atom stereocenters. The van der Waals surface area contributed by atoms with E-state index in [1.165, 1.54) is 21.3 Å². The Morgan fingerprint density at radius 3 is 2.48 bits per heavy atom. The Morgan fingerprint density at radius 2 is 1.87 bits per heavy atom. The van der Waals surface area contributed by atoms with Gasteiger partial charge in [0.05, 0.1) is 13.2 Å². The SMILES string of the molecule is COC(=O)c1c(OC2CCCCC2O)cccc1C(OC)OC. The van der Waals surface area contributed by atoms with Crippen molar-refractivity contribution in [2.75, 3.05) is 21.3 Å². The topological polar surface area (TPSA) is 74.2 Å². The van der Waals surface area contributed by atoms with Gasteiger partial charge in [-0.05, 0) is 25.3 Å². The lowest BCUT2D eigenvalue weighted by Gasteiger charge is -2.29. The summed E-state index contributed by atoms with van der Waals surface area (Å²) < 4.78 is 21.3. The van der Waals surface area contributed by atoms with E-state index in [4.69, 9.17) is 18.9 Å². The Hall–Kier alpha value is -1.63. The van der Waals surface area contributed by atoms with Gasteiger partial charge in [0, 0.05) is 19.8 Å². The lowest BCUT2D eigenvalue weighted by atomic mass is 9.94. The highest BCUT2D eigenvalue weighted by Crippen LogP contribution is 2.32. The number of methoxy groups -OCH3 is 3. The summed E-state index contributed by atoms with van der Waals surface area (Å²) in [5, 5.41) is 10.1. The molecule has 2 rings (SSSR count). The number of carbonyl (C=O) groups excluding carboxylic acids is 1. The van der Waals surface area contributed by atoms with E-state index in [2.05, 4.69) is 0 Å². The first-order valence-electron chi connectivity index (χ1n) is 7.73. The lowest BCUT2D eigenvalue weighted by Crippen LogP contribution is -2.35. The van der Waals surface area contributed by atoms with Crippen LogP contribution in [0.15, 0.2) is 18.2 Å². The molecule has 1 saturated carbocycles. The molecule has 0 radical (unpaired) electrons. The number of ether oxygens (including phenoxy) is 4. The van der Waals surface area contributed by atoms with E-state index < -0.39 is 18.4 Å². The van der Waals surface area contributed by atoms with Crippen LogP contribution in [0, 0.1) is 0 Å². The number of aliphatic hydroxyl groups excluding tert-OH is 1. The number of rotatable bonds is 6. The zero-order chi connectivity index (χ0) is 16.8. The average molecular weight is 324 g/mol. The standard InChI is InChI=1S/C17H24O6/c1-20-16(19)15-11(17(21-2)22-3)7-6-10-14(15)23-13-9-5-4-8-12(13)18/h6-7,10,12-13,17-18H,4-5,8-9H2,1-3H3. The van der Waals surface area contributed by atoms with Gasteiger partial charge in [-0.3, -0.25) is 0 Å². The zero-order valence-electron chi connectivity index (χ0n) is 13.8. The van der Waals surface area contributed by atoms with Gasteiger partial charge >= 0.3 is 5.97 Å². The molecule has 0 aliphatic heterocycles. The van der Waals surface area contributed by atoms with Crippen LogP contribution < -0.4 is 4.74 Å². The summed E-state index contributed by atoms with van der Waals surface area (Å²) in [6, 6.07) is 5.19. The Labute approximate surface area is 136 Å². The van der Waals surface area contributed by atoms with Gasteiger partial charge in [-0.15, -0.1) is 0 Å². The highest BCUT2D eigenvalue weighted by Gasteiger charge is 2.29. The van der Waals surface area contributed by atoms with E-state index in [9.17, 15) is 9.90 Å². The molecule has 6 nitrogen and oxygen atoms in total. The van der Waals surface area contributed by atoms with E-state index in [1.807, 2.05) is 0 Å². The Balaban J connectivity index is 2.37. The Morgan fingerprint density at radius 1 is 1.17 bits per heavy atom. The fourth-order valence-electron chi connectivity index (χ4n) is 2.89. The van der Waals surface area contributed by atoms with Crippen LogP contribution in [0.1, 0.15) is 47.9 Å². The van der Waals surface area contributed by atoms with Crippen LogP contribution in [-0.2, 0) is 14.2 Å². The maximum atomic E-state index is 12.2. The second-order valence-corrected chi connectivity index (χ2v) is 5.52. The molecule has 0 heterocycles. The molecule has 1 aromatic carbocycles. The Bertz CT molecular complexity index is 526. The fraction of sp³-hybridized carbons (Fsp3) is 0.588. The normalized spacial score (nSPS) is 21.3. The highest BCUT2D eigenvalue weighted by atomic mass is 16.7. The van der Waals surface area contributed by atoms with Crippen molar-refractivity contribution in [3.05, 3.63) is 29.3 Å². The van der Waals surface area contributed by atoms with Gasteiger partial charge in [0.15, 0.2) is 6.29 Å². The summed E-state index contributed by atoms with van der Waals surface area (Å²) in [5.41, 5.74) is 0.797. The molecule has 23 heavy (non-hydrogen) atoms. The molecule has 0 bridgehead atoms. The smallest absolute Gasteiger partial charge is 0.342 e. The fourth-order valence-corrected chi connectivity index (χ4v) is 2.89. The number of esters is 1. The number of aliphatic hydroxyl groups is 1. The second kappa shape index (κ2) is 8.29. The third-order valence-corrected chi connectivity index (χ3v) is 4.08. The van der Waals surface area contributed by atoms with Gasteiger partial charge in [-0.2, -0.15) is 0 Å². The summed E-state index contributed by atoms with van der Waals surface area (Å²) >= 11 is 0. The summed E-state index contributed by atoms with van der Waals surface area (Å²) in [6.45, 7) is 0. The molecule has 2 unspecified atom stereocenters. The van der Waals surface area contributed by atoms with Crippen molar-refractivity contribution in [2.24, 2.45) is 0 Å². The van der Waals surface area contributed by atoms with Crippen molar-refractivity contribution in [3.63, 3.8) is 0 Å². The predicted molar refractivity (Wildman–Crippen MR) is 83.4 cm³/mol. The number of benzene rings is 1. The van der Waals surface area contributed by atoms with Gasteiger partial charge in [0.25, 0.3) is 0 Å². The predicted octanol–water partition coefficient (Wildman–Crippen LogP) is 2.45. The number of carbonyl (C=O) groups is 1. The summed E-state index contributed by atoms with van der Waals surface area (Å²) in [4.78, 5) is 12.2. The molecule has 0 spiro atoms. The third kappa shape index (κ3) is 4.02. The van der Waals surface area contributed by atoms with Crippen molar-refractivity contribution < 1.29 is 28.8 Å². The molecular formula is C17H24O6. The zero-order valence-corrected chi connectivity index (χ0v) is 13.8. The maximum Gasteiger partial charge on any atom is 0.342 e. The quantitative estimate of drug-likeness (QED) is 0.640. The average Bonchev–Trinajstić information content (AvgIpc) is 2.57. The summed E-state index contributed by atoms with van der Waals surface area (Å²) in [5.74, 6) is -0.153. The van der Waals surface area contributed by atoms with Crippen molar-refractivity contribution in [2.45, 2.75) is 44.2 Å². The molecular weight excluding hydrogens is 300 g/mol. The lowest BCUT2D eigenvalue weighted by molar-refractivity contribution is -0.106. The van der Waals surface area contributed by atoms with E-state index in [-0.39, 0.29) is 11.7 Å². The van der Waals surface area contributed by atoms with Gasteiger partial charge in [-0.1, -0.05) is 18.6 Å². The first-order valence-corrected chi connectivity index (χ1v) is 7.73. The minimum Gasteiger partial charge on any atom is -0.487 e. The van der Waals surface area contributed by atoms with Crippen molar-refractivity contribution in [1.82, 2.24) is 0 Å². The second-order valence-electron chi connectivity index (χ2n) is 5.52. The Kier molecular flexibility index (Phi) is 6.38. The summed E-state index contributed by atoms with van der Waals surface area (Å²) in [7, 11) is 4.30. The van der Waals surface area contributed by atoms with Crippen LogP contribution in [0.5, 0.6) is 5.75 Å². The van der Waals surface area contributed by atoms with E-state index >= 15 is 0 Å². The summed E-state index contributed by atoms with van der Waals surface area (Å²) in [6.07, 6.45) is 1.88. The minimum atomic E-state index is -0.705. The maximum absolute atomic E-state index is 12.2. The van der Waals surface area contributed by atoms with Crippen LogP contribution in [0.4, 0.5) is 0 Å². The van der Waals surface area contributed by atoms with Crippen LogP contribution in [0.2, 0.25) is 0 Å². The molecule has 0 saturated heterocycles. The first-order chi connectivity index (χ1) is 11.1. The largest absolute Gasteiger partial charge is 0.487 e. The van der Waals surface area contributed by atoms with E-state index in [0.717, 1.165) is 19.3 Å². The molecule has 0 amide bonds.